The first kappa shape index (κ1) is 22.8. The van der Waals surface area contributed by atoms with E-state index in [1.807, 2.05) is 18.2 Å². The summed E-state index contributed by atoms with van der Waals surface area (Å²) in [4.78, 5) is -0.0197. The number of allylic oxidation sites excluding steroid dienone is 2. The highest BCUT2D eigenvalue weighted by Crippen LogP contribution is 2.50. The molecule has 0 fully saturated rings. The summed E-state index contributed by atoms with van der Waals surface area (Å²) in [6.45, 7) is 0. The highest BCUT2D eigenvalue weighted by Gasteiger charge is 2.38. The maximum atomic E-state index is 13.2. The molecular formula is C25H20ClF3N2O2S. The van der Waals surface area contributed by atoms with E-state index >= 15 is 0 Å². The van der Waals surface area contributed by atoms with Crippen molar-refractivity contribution in [2.24, 2.45) is 5.92 Å². The molecule has 34 heavy (non-hydrogen) atoms. The third-order valence-corrected chi connectivity index (χ3v) is 8.04. The predicted octanol–water partition coefficient (Wildman–Crippen LogP) is 6.99. The molecule has 0 radical (unpaired) electrons. The summed E-state index contributed by atoms with van der Waals surface area (Å²) in [5, 5.41) is 3.05. The molecule has 0 spiro atoms. The zero-order chi connectivity index (χ0) is 24.1. The van der Waals surface area contributed by atoms with Gasteiger partial charge in [-0.1, -0.05) is 54.1 Å². The van der Waals surface area contributed by atoms with Gasteiger partial charge in [0.1, 0.15) is 0 Å². The summed E-state index contributed by atoms with van der Waals surface area (Å²) in [5.41, 5.74) is 1.53. The number of hydrogen-bond acceptors (Lipinski definition) is 3. The number of fused-ring (bicyclic) bond motifs is 3. The lowest BCUT2D eigenvalue weighted by molar-refractivity contribution is -0.137. The van der Waals surface area contributed by atoms with Crippen molar-refractivity contribution >= 4 is 33.0 Å². The molecule has 0 saturated heterocycles. The minimum absolute atomic E-state index is 0.0197. The molecule has 9 heteroatoms. The molecule has 3 aromatic rings. The molecule has 1 aliphatic heterocycles. The normalized spacial score (nSPS) is 21.5. The lowest BCUT2D eigenvalue weighted by Crippen LogP contribution is -2.29. The van der Waals surface area contributed by atoms with Crippen LogP contribution in [0.5, 0.6) is 0 Å². The molecule has 0 aromatic heterocycles. The molecule has 0 saturated carbocycles. The van der Waals surface area contributed by atoms with Crippen LogP contribution in [-0.4, -0.2) is 8.42 Å². The van der Waals surface area contributed by atoms with Crippen molar-refractivity contribution in [2.45, 2.75) is 29.5 Å². The highest BCUT2D eigenvalue weighted by molar-refractivity contribution is 7.92. The molecule has 0 bridgehead atoms. The molecule has 3 aromatic carbocycles. The number of rotatable bonds is 4. The smallest absolute Gasteiger partial charge is 0.378 e. The SMILES string of the molecule is O=S(=O)(Nc1ccc(Cl)c(C(F)(F)F)c1)c1ccc2c(c1)[C@H]1C=CC[C@H]1[C@@H](c1ccccc1)N2. The van der Waals surface area contributed by atoms with Gasteiger partial charge in [0.25, 0.3) is 10.0 Å². The van der Waals surface area contributed by atoms with Crippen molar-refractivity contribution in [3.63, 3.8) is 0 Å². The van der Waals surface area contributed by atoms with Crippen LogP contribution in [0.3, 0.4) is 0 Å². The van der Waals surface area contributed by atoms with E-state index in [0.717, 1.165) is 29.3 Å². The molecule has 0 amide bonds. The molecule has 1 aliphatic carbocycles. The van der Waals surface area contributed by atoms with Gasteiger partial charge >= 0.3 is 6.18 Å². The van der Waals surface area contributed by atoms with Crippen molar-refractivity contribution < 1.29 is 21.6 Å². The first-order valence-electron chi connectivity index (χ1n) is 10.7. The number of hydrogen-bond donors (Lipinski definition) is 2. The lowest BCUT2D eigenvalue weighted by atomic mass is 9.77. The Morgan fingerprint density at radius 3 is 2.50 bits per heavy atom. The number of nitrogens with one attached hydrogen (secondary N) is 2. The fourth-order valence-electron chi connectivity index (χ4n) is 4.75. The topological polar surface area (TPSA) is 58.2 Å². The third kappa shape index (κ3) is 4.16. The van der Waals surface area contributed by atoms with Gasteiger partial charge in [-0.05, 0) is 59.9 Å². The maximum Gasteiger partial charge on any atom is 0.417 e. The van der Waals surface area contributed by atoms with Gasteiger partial charge < -0.3 is 5.32 Å². The van der Waals surface area contributed by atoms with Gasteiger partial charge in [-0.2, -0.15) is 13.2 Å². The summed E-state index contributed by atoms with van der Waals surface area (Å²) in [6.07, 6.45) is 0.360. The van der Waals surface area contributed by atoms with Gasteiger partial charge in [-0.25, -0.2) is 8.42 Å². The van der Waals surface area contributed by atoms with E-state index in [1.54, 1.807) is 12.1 Å². The van der Waals surface area contributed by atoms with E-state index in [1.165, 1.54) is 12.1 Å². The van der Waals surface area contributed by atoms with Gasteiger partial charge in [0, 0.05) is 17.3 Å². The van der Waals surface area contributed by atoms with Crippen molar-refractivity contribution in [3.8, 4) is 0 Å². The molecule has 4 nitrogen and oxygen atoms in total. The number of benzene rings is 3. The Kier molecular flexibility index (Phi) is 5.61. The van der Waals surface area contributed by atoms with Crippen LogP contribution in [0.25, 0.3) is 0 Å². The van der Waals surface area contributed by atoms with E-state index < -0.39 is 26.8 Å². The predicted molar refractivity (Wildman–Crippen MR) is 126 cm³/mol. The van der Waals surface area contributed by atoms with Crippen LogP contribution in [0, 0.1) is 5.92 Å². The van der Waals surface area contributed by atoms with E-state index in [0.29, 0.717) is 6.07 Å². The van der Waals surface area contributed by atoms with Gasteiger partial charge in [-0.15, -0.1) is 0 Å². The van der Waals surface area contributed by atoms with E-state index in [-0.39, 0.29) is 28.5 Å². The number of halogens is 4. The fourth-order valence-corrected chi connectivity index (χ4v) is 6.06. The van der Waals surface area contributed by atoms with Gasteiger partial charge in [0.15, 0.2) is 0 Å². The Morgan fingerprint density at radius 2 is 1.76 bits per heavy atom. The third-order valence-electron chi connectivity index (χ3n) is 6.33. The number of alkyl halides is 3. The van der Waals surface area contributed by atoms with Crippen LogP contribution in [0.1, 0.15) is 35.1 Å². The standard InChI is InChI=1S/C25H20ClF3N2O2S/c26-22-11-9-16(13-21(22)25(27,28)29)31-34(32,33)17-10-12-23-20(14-17)18-7-4-8-19(18)24(30-23)15-5-2-1-3-6-15/h1-7,9-14,18-19,24,30-31H,8H2/t18-,19+,24+/m0/s1. The van der Waals surface area contributed by atoms with Crippen LogP contribution in [0.4, 0.5) is 24.5 Å². The molecule has 0 unspecified atom stereocenters. The Bertz CT molecular complexity index is 1370. The van der Waals surface area contributed by atoms with Crippen LogP contribution < -0.4 is 10.0 Å². The number of anilines is 2. The number of sulfonamides is 1. The van der Waals surface area contributed by atoms with Gasteiger partial charge in [0.05, 0.1) is 21.5 Å². The first-order valence-corrected chi connectivity index (χ1v) is 12.5. The Morgan fingerprint density at radius 1 is 1.00 bits per heavy atom. The Labute approximate surface area is 200 Å². The van der Waals surface area contributed by atoms with E-state index in [2.05, 4.69) is 34.3 Å². The second-order valence-corrected chi connectivity index (χ2v) is 10.5. The zero-order valence-corrected chi connectivity index (χ0v) is 19.3. The summed E-state index contributed by atoms with van der Waals surface area (Å²) >= 11 is 5.65. The second-order valence-electron chi connectivity index (χ2n) is 8.43. The Balaban J connectivity index is 1.47. The molecule has 176 valence electrons. The quantitative estimate of drug-likeness (QED) is 0.377. The summed E-state index contributed by atoms with van der Waals surface area (Å²) < 4.78 is 67.9. The fraction of sp³-hybridized carbons (Fsp3) is 0.200. The molecular weight excluding hydrogens is 485 g/mol. The van der Waals surface area contributed by atoms with Gasteiger partial charge in [0.2, 0.25) is 0 Å². The van der Waals surface area contributed by atoms with Gasteiger partial charge in [-0.3, -0.25) is 4.72 Å². The summed E-state index contributed by atoms with van der Waals surface area (Å²) in [6, 6.07) is 17.9. The molecule has 2 aliphatic rings. The lowest BCUT2D eigenvalue weighted by Gasteiger charge is -2.37. The van der Waals surface area contributed by atoms with Crippen molar-refractivity contribution in [1.29, 1.82) is 0 Å². The van der Waals surface area contributed by atoms with Crippen LogP contribution in [-0.2, 0) is 16.2 Å². The molecule has 2 N–H and O–H groups in total. The van der Waals surface area contributed by atoms with E-state index in [9.17, 15) is 21.6 Å². The maximum absolute atomic E-state index is 13.2. The minimum atomic E-state index is -4.70. The molecule has 1 heterocycles. The molecule has 5 rings (SSSR count). The summed E-state index contributed by atoms with van der Waals surface area (Å²) in [7, 11) is -4.13. The largest absolute Gasteiger partial charge is 0.417 e. The summed E-state index contributed by atoms with van der Waals surface area (Å²) in [5.74, 6) is 0.260. The Hall–Kier alpha value is -2.97. The minimum Gasteiger partial charge on any atom is -0.378 e. The van der Waals surface area contributed by atoms with Crippen LogP contribution in [0.2, 0.25) is 5.02 Å². The van der Waals surface area contributed by atoms with Crippen molar-refractivity contribution in [2.75, 3.05) is 10.0 Å². The first-order chi connectivity index (χ1) is 16.1. The average Bonchev–Trinajstić information content (AvgIpc) is 3.29. The van der Waals surface area contributed by atoms with Crippen molar-refractivity contribution in [1.82, 2.24) is 0 Å². The zero-order valence-electron chi connectivity index (χ0n) is 17.7. The van der Waals surface area contributed by atoms with Crippen LogP contribution >= 0.6 is 11.6 Å². The average molecular weight is 505 g/mol. The highest BCUT2D eigenvalue weighted by atomic mass is 35.5. The monoisotopic (exact) mass is 504 g/mol. The van der Waals surface area contributed by atoms with E-state index in [4.69, 9.17) is 11.6 Å². The van der Waals surface area contributed by atoms with Crippen molar-refractivity contribution in [3.05, 3.63) is 101 Å². The van der Waals surface area contributed by atoms with Crippen LogP contribution in [0.15, 0.2) is 83.8 Å². The second kappa shape index (κ2) is 8.36. The molecule has 3 atom stereocenters.